The van der Waals surface area contributed by atoms with Crippen LogP contribution in [0.3, 0.4) is 0 Å². The van der Waals surface area contributed by atoms with E-state index in [0.717, 1.165) is 5.38 Å². The van der Waals surface area contributed by atoms with Crippen molar-refractivity contribution in [1.82, 2.24) is 4.98 Å². The summed E-state index contributed by atoms with van der Waals surface area (Å²) in [6.07, 6.45) is -4.27. The standard InChI is InChI=1S/C9H7Cl2F3N2OS/c1-7(3-8(7,10)11)5(17)16-6-15-4(2-18-6)9(12,13)14/h2H,3H2,1H3,(H,15,16,17). The minimum absolute atomic E-state index is 0.121. The predicted molar refractivity (Wildman–Crippen MR) is 62.9 cm³/mol. The van der Waals surface area contributed by atoms with Crippen molar-refractivity contribution in [3.63, 3.8) is 0 Å². The van der Waals surface area contributed by atoms with E-state index in [1.807, 2.05) is 0 Å². The van der Waals surface area contributed by atoms with Crippen LogP contribution in [0, 0.1) is 5.41 Å². The van der Waals surface area contributed by atoms with Crippen molar-refractivity contribution in [3.05, 3.63) is 11.1 Å². The third-order valence-electron chi connectivity index (χ3n) is 2.77. The molecule has 0 aromatic carbocycles. The van der Waals surface area contributed by atoms with Crippen LogP contribution in [0.15, 0.2) is 5.38 Å². The molecular formula is C9H7Cl2F3N2OS. The number of nitrogens with one attached hydrogen (secondary N) is 1. The van der Waals surface area contributed by atoms with Crippen LogP contribution in [0.1, 0.15) is 19.0 Å². The molecule has 1 unspecified atom stereocenters. The minimum Gasteiger partial charge on any atom is -0.301 e. The smallest absolute Gasteiger partial charge is 0.301 e. The molecule has 2 rings (SSSR count). The molecule has 0 spiro atoms. The van der Waals surface area contributed by atoms with Crippen LogP contribution in [-0.2, 0) is 11.0 Å². The van der Waals surface area contributed by atoms with Crippen LogP contribution in [-0.4, -0.2) is 15.2 Å². The van der Waals surface area contributed by atoms with E-state index in [4.69, 9.17) is 23.2 Å². The van der Waals surface area contributed by atoms with E-state index in [0.29, 0.717) is 11.3 Å². The average Bonchev–Trinajstić information content (AvgIpc) is 2.62. The Bertz CT molecular complexity index is 502. The Hall–Kier alpha value is -0.530. The van der Waals surface area contributed by atoms with E-state index in [1.54, 1.807) is 6.92 Å². The van der Waals surface area contributed by atoms with Gasteiger partial charge < -0.3 is 5.32 Å². The van der Waals surface area contributed by atoms with Crippen molar-refractivity contribution in [2.45, 2.75) is 23.9 Å². The van der Waals surface area contributed by atoms with Crippen LogP contribution in [0.25, 0.3) is 0 Å². The highest BCUT2D eigenvalue weighted by molar-refractivity contribution is 7.14. The molecule has 100 valence electrons. The lowest BCUT2D eigenvalue weighted by molar-refractivity contribution is -0.140. The number of amides is 1. The predicted octanol–water partition coefficient (Wildman–Crippen LogP) is 3.68. The zero-order valence-corrected chi connectivity index (χ0v) is 11.3. The topological polar surface area (TPSA) is 42.0 Å². The summed E-state index contributed by atoms with van der Waals surface area (Å²) in [6.45, 7) is 1.54. The first-order valence-corrected chi connectivity index (χ1v) is 6.42. The SMILES string of the molecule is CC1(C(=O)Nc2nc(C(F)(F)F)cs2)CC1(Cl)Cl. The molecule has 1 aliphatic carbocycles. The molecule has 1 N–H and O–H groups in total. The summed E-state index contributed by atoms with van der Waals surface area (Å²) >= 11 is 12.3. The zero-order valence-electron chi connectivity index (χ0n) is 8.94. The Kier molecular flexibility index (Phi) is 3.07. The number of nitrogens with zero attached hydrogens (tertiary/aromatic N) is 1. The second-order valence-electron chi connectivity index (χ2n) is 4.20. The number of carbonyl (C=O) groups is 1. The summed E-state index contributed by atoms with van der Waals surface area (Å²) in [5.41, 5.74) is -2.02. The van der Waals surface area contributed by atoms with Gasteiger partial charge in [-0.15, -0.1) is 34.5 Å². The molecule has 9 heteroatoms. The van der Waals surface area contributed by atoms with Crippen LogP contribution in [0.4, 0.5) is 18.3 Å². The molecule has 0 saturated heterocycles. The van der Waals surface area contributed by atoms with Gasteiger partial charge in [-0.3, -0.25) is 4.79 Å². The van der Waals surface area contributed by atoms with Crippen LogP contribution >= 0.6 is 34.5 Å². The highest BCUT2D eigenvalue weighted by atomic mass is 35.5. The van der Waals surface area contributed by atoms with Crippen LogP contribution in [0.5, 0.6) is 0 Å². The second kappa shape index (κ2) is 3.98. The molecule has 18 heavy (non-hydrogen) atoms. The molecule has 0 aliphatic heterocycles. The van der Waals surface area contributed by atoms with Gasteiger partial charge in [0.15, 0.2) is 10.8 Å². The average molecular weight is 319 g/mol. The van der Waals surface area contributed by atoms with Gasteiger partial charge in [0.2, 0.25) is 5.91 Å². The van der Waals surface area contributed by atoms with Crippen molar-refractivity contribution in [2.75, 3.05) is 5.32 Å². The van der Waals surface area contributed by atoms with E-state index in [-0.39, 0.29) is 11.6 Å². The Morgan fingerprint density at radius 2 is 2.11 bits per heavy atom. The summed E-state index contributed by atoms with van der Waals surface area (Å²) in [6, 6.07) is 0. The first kappa shape index (κ1) is 13.9. The Labute approximate surface area is 114 Å². The Balaban J connectivity index is 2.08. The van der Waals surface area contributed by atoms with E-state index < -0.39 is 27.5 Å². The lowest BCUT2D eigenvalue weighted by atomic mass is 10.1. The molecular weight excluding hydrogens is 312 g/mol. The van der Waals surface area contributed by atoms with Crippen molar-refractivity contribution in [1.29, 1.82) is 0 Å². The number of hydrogen-bond acceptors (Lipinski definition) is 3. The lowest BCUT2D eigenvalue weighted by Gasteiger charge is -2.10. The van der Waals surface area contributed by atoms with Gasteiger partial charge in [-0.25, -0.2) is 4.98 Å². The fraction of sp³-hybridized carbons (Fsp3) is 0.556. The van der Waals surface area contributed by atoms with E-state index in [1.165, 1.54) is 0 Å². The molecule has 1 aromatic heterocycles. The molecule has 0 radical (unpaired) electrons. The van der Waals surface area contributed by atoms with Crippen LogP contribution < -0.4 is 5.32 Å². The fourth-order valence-corrected chi connectivity index (χ4v) is 2.76. The van der Waals surface area contributed by atoms with Gasteiger partial charge in [0.1, 0.15) is 4.33 Å². The number of thiazole rings is 1. The van der Waals surface area contributed by atoms with E-state index in [2.05, 4.69) is 10.3 Å². The number of halogens is 5. The summed E-state index contributed by atoms with van der Waals surface area (Å²) in [7, 11) is 0. The normalized spacial score (nSPS) is 25.9. The molecule has 1 aliphatic rings. The molecule has 1 fully saturated rings. The molecule has 1 heterocycles. The first-order chi connectivity index (χ1) is 8.06. The van der Waals surface area contributed by atoms with Crippen LogP contribution in [0.2, 0.25) is 0 Å². The van der Waals surface area contributed by atoms with Gasteiger partial charge in [0, 0.05) is 5.38 Å². The summed E-state index contributed by atoms with van der Waals surface area (Å²) in [4.78, 5) is 15.1. The van der Waals surface area contributed by atoms with Crippen molar-refractivity contribution in [2.24, 2.45) is 5.41 Å². The molecule has 1 amide bonds. The lowest BCUT2D eigenvalue weighted by Crippen LogP contribution is -2.26. The third kappa shape index (κ3) is 2.31. The van der Waals surface area contributed by atoms with Crippen molar-refractivity contribution >= 4 is 45.6 Å². The zero-order chi connectivity index (χ0) is 13.8. The fourth-order valence-electron chi connectivity index (χ4n) is 1.34. The Morgan fingerprint density at radius 3 is 2.50 bits per heavy atom. The van der Waals surface area contributed by atoms with Gasteiger partial charge >= 0.3 is 6.18 Å². The summed E-state index contributed by atoms with van der Waals surface area (Å²) in [5, 5.41) is 3.00. The third-order valence-corrected chi connectivity index (χ3v) is 4.63. The number of rotatable bonds is 2. The molecule has 1 aromatic rings. The maximum absolute atomic E-state index is 12.3. The summed E-state index contributed by atoms with van der Waals surface area (Å²) in [5.74, 6) is -0.532. The minimum atomic E-state index is -4.52. The number of carbonyl (C=O) groups excluding carboxylic acids is 1. The molecule has 1 saturated carbocycles. The van der Waals surface area contributed by atoms with Gasteiger partial charge in [0.05, 0.1) is 5.41 Å². The van der Waals surface area contributed by atoms with Gasteiger partial charge in [-0.2, -0.15) is 13.2 Å². The van der Waals surface area contributed by atoms with E-state index in [9.17, 15) is 18.0 Å². The highest BCUT2D eigenvalue weighted by Gasteiger charge is 2.68. The maximum atomic E-state index is 12.3. The quantitative estimate of drug-likeness (QED) is 0.845. The molecule has 1 atom stereocenters. The van der Waals surface area contributed by atoms with Crippen molar-refractivity contribution in [3.8, 4) is 0 Å². The van der Waals surface area contributed by atoms with Gasteiger partial charge in [0.25, 0.3) is 0 Å². The monoisotopic (exact) mass is 318 g/mol. The number of alkyl halides is 5. The van der Waals surface area contributed by atoms with E-state index >= 15 is 0 Å². The second-order valence-corrected chi connectivity index (χ2v) is 6.55. The first-order valence-electron chi connectivity index (χ1n) is 4.78. The number of hydrogen-bond donors (Lipinski definition) is 1. The van der Waals surface area contributed by atoms with Crippen molar-refractivity contribution < 1.29 is 18.0 Å². The maximum Gasteiger partial charge on any atom is 0.434 e. The molecule has 3 nitrogen and oxygen atoms in total. The van der Waals surface area contributed by atoms with Gasteiger partial charge in [-0.05, 0) is 13.3 Å². The number of anilines is 1. The molecule has 0 bridgehead atoms. The Morgan fingerprint density at radius 1 is 1.56 bits per heavy atom. The largest absolute Gasteiger partial charge is 0.434 e. The van der Waals surface area contributed by atoms with Gasteiger partial charge in [-0.1, -0.05) is 0 Å². The number of aromatic nitrogens is 1. The summed E-state index contributed by atoms with van der Waals surface area (Å²) < 4.78 is 35.7. The highest BCUT2D eigenvalue weighted by Crippen LogP contribution is 2.64.